The topological polar surface area (TPSA) is 88.9 Å². The first-order valence-electron chi connectivity index (χ1n) is 7.81. The van der Waals surface area contributed by atoms with Crippen LogP contribution >= 0.6 is 0 Å². The summed E-state index contributed by atoms with van der Waals surface area (Å²) in [5.74, 6) is 0.00175. The molecule has 1 saturated carbocycles. The Hall–Kier alpha value is -2.96. The van der Waals surface area contributed by atoms with Crippen LogP contribution in [0.25, 0.3) is 0 Å². The van der Waals surface area contributed by atoms with Crippen LogP contribution in [0.15, 0.2) is 49.6 Å². The summed E-state index contributed by atoms with van der Waals surface area (Å²) in [6.07, 6.45) is 6.42. The van der Waals surface area contributed by atoms with E-state index in [2.05, 4.69) is 27.3 Å². The Bertz CT molecular complexity index is 735. The first-order chi connectivity index (χ1) is 11.7. The Kier molecular flexibility index (Phi) is 4.69. The lowest BCUT2D eigenvalue weighted by Crippen LogP contribution is -2.37. The molecular formula is C17H19N5O2. The minimum absolute atomic E-state index is 0.145. The van der Waals surface area contributed by atoms with Gasteiger partial charge in [0.2, 0.25) is 5.91 Å². The molecule has 3 rings (SSSR count). The van der Waals surface area contributed by atoms with Crippen LogP contribution in [0.3, 0.4) is 0 Å². The van der Waals surface area contributed by atoms with Crippen molar-refractivity contribution in [1.82, 2.24) is 20.1 Å². The summed E-state index contributed by atoms with van der Waals surface area (Å²) in [5, 5.41) is 9.72. The summed E-state index contributed by atoms with van der Waals surface area (Å²) < 4.78 is 1.87. The van der Waals surface area contributed by atoms with Crippen LogP contribution in [0.1, 0.15) is 29.2 Å². The van der Waals surface area contributed by atoms with Crippen LogP contribution in [0, 0.1) is 5.92 Å². The lowest BCUT2D eigenvalue weighted by molar-refractivity contribution is -0.111. The van der Waals surface area contributed by atoms with Crippen molar-refractivity contribution >= 4 is 17.5 Å². The van der Waals surface area contributed by atoms with Gasteiger partial charge in [-0.1, -0.05) is 12.6 Å². The van der Waals surface area contributed by atoms with Crippen LogP contribution in [0.4, 0.5) is 5.69 Å². The second-order valence-electron chi connectivity index (χ2n) is 5.85. The second kappa shape index (κ2) is 7.08. The maximum atomic E-state index is 12.2. The lowest BCUT2D eigenvalue weighted by Gasteiger charge is -2.35. The van der Waals surface area contributed by atoms with Gasteiger partial charge >= 0.3 is 0 Å². The van der Waals surface area contributed by atoms with Crippen molar-refractivity contribution in [2.24, 2.45) is 5.92 Å². The summed E-state index contributed by atoms with van der Waals surface area (Å²) >= 11 is 0. The number of hydrogen-bond donors (Lipinski definition) is 2. The summed E-state index contributed by atoms with van der Waals surface area (Å²) in [6, 6.07) is 7.21. The summed E-state index contributed by atoms with van der Waals surface area (Å²) in [7, 11) is 0. The molecule has 2 N–H and O–H groups in total. The van der Waals surface area contributed by atoms with E-state index in [1.54, 1.807) is 30.6 Å². The van der Waals surface area contributed by atoms with Gasteiger partial charge in [0.05, 0.1) is 6.04 Å². The standard InChI is InChI=1S/C17H19N5O2/c1-2-16(23)21-14-5-3-4-13(8-14)17(24)19-9-12-6-15(7-12)22-11-18-10-20-22/h2-5,8,10-12,15H,1,6-7,9H2,(H,19,24)(H,21,23). The average Bonchev–Trinajstić information content (AvgIpc) is 3.07. The quantitative estimate of drug-likeness (QED) is 0.792. The van der Waals surface area contributed by atoms with Gasteiger partial charge in [-0.3, -0.25) is 9.59 Å². The summed E-state index contributed by atoms with van der Waals surface area (Å²) in [6.45, 7) is 4.03. The first-order valence-corrected chi connectivity index (χ1v) is 7.81. The average molecular weight is 325 g/mol. The smallest absolute Gasteiger partial charge is 0.251 e. The molecule has 124 valence electrons. The van der Waals surface area contributed by atoms with E-state index in [1.807, 2.05) is 4.68 Å². The number of nitrogens with zero attached hydrogens (tertiary/aromatic N) is 3. The number of rotatable bonds is 6. The van der Waals surface area contributed by atoms with Crippen molar-refractivity contribution in [3.63, 3.8) is 0 Å². The van der Waals surface area contributed by atoms with Crippen molar-refractivity contribution in [2.75, 3.05) is 11.9 Å². The van der Waals surface area contributed by atoms with Gasteiger partial charge < -0.3 is 10.6 Å². The fourth-order valence-corrected chi connectivity index (χ4v) is 2.76. The van der Waals surface area contributed by atoms with E-state index in [4.69, 9.17) is 0 Å². The molecule has 1 heterocycles. The number of amides is 2. The molecule has 0 radical (unpaired) electrons. The zero-order chi connectivity index (χ0) is 16.9. The Morgan fingerprint density at radius 3 is 2.92 bits per heavy atom. The maximum absolute atomic E-state index is 12.2. The molecule has 1 fully saturated rings. The van der Waals surface area contributed by atoms with Crippen molar-refractivity contribution in [3.05, 3.63) is 55.1 Å². The van der Waals surface area contributed by atoms with Crippen LogP contribution < -0.4 is 10.6 Å². The molecule has 1 aromatic heterocycles. The third kappa shape index (κ3) is 3.68. The highest BCUT2D eigenvalue weighted by molar-refractivity contribution is 6.00. The highest BCUT2D eigenvalue weighted by Crippen LogP contribution is 2.36. The minimum atomic E-state index is -0.304. The molecule has 0 spiro atoms. The van der Waals surface area contributed by atoms with Crippen molar-refractivity contribution in [3.8, 4) is 0 Å². The van der Waals surface area contributed by atoms with Crippen LogP contribution in [-0.4, -0.2) is 33.1 Å². The SMILES string of the molecule is C=CC(=O)Nc1cccc(C(=O)NCC2CC(n3cncn3)C2)c1. The van der Waals surface area contributed by atoms with E-state index in [0.717, 1.165) is 12.8 Å². The molecule has 7 nitrogen and oxygen atoms in total. The molecule has 1 aromatic carbocycles. The predicted octanol–water partition coefficient (Wildman–Crippen LogP) is 1.78. The first kappa shape index (κ1) is 15.9. The Morgan fingerprint density at radius 2 is 2.21 bits per heavy atom. The predicted molar refractivity (Wildman–Crippen MR) is 89.4 cm³/mol. The van der Waals surface area contributed by atoms with E-state index in [1.165, 1.54) is 12.4 Å². The van der Waals surface area contributed by atoms with Gasteiger partial charge in [0.15, 0.2) is 0 Å². The number of carbonyl (C=O) groups is 2. The normalized spacial score (nSPS) is 19.2. The van der Waals surface area contributed by atoms with Gasteiger partial charge in [0.25, 0.3) is 5.91 Å². The van der Waals surface area contributed by atoms with Crippen molar-refractivity contribution < 1.29 is 9.59 Å². The summed E-state index contributed by atoms with van der Waals surface area (Å²) in [4.78, 5) is 27.5. The highest BCUT2D eigenvalue weighted by atomic mass is 16.2. The fraction of sp³-hybridized carbons (Fsp3) is 0.294. The van der Waals surface area contributed by atoms with E-state index in [0.29, 0.717) is 29.8 Å². The molecule has 0 bridgehead atoms. The molecule has 0 unspecified atom stereocenters. The molecule has 1 aliphatic carbocycles. The van der Waals surface area contributed by atoms with Gasteiger partial charge in [0.1, 0.15) is 12.7 Å². The number of benzene rings is 1. The van der Waals surface area contributed by atoms with Gasteiger partial charge in [-0.25, -0.2) is 9.67 Å². The number of nitrogens with one attached hydrogen (secondary N) is 2. The lowest BCUT2D eigenvalue weighted by atomic mass is 9.80. The number of aromatic nitrogens is 3. The van der Waals surface area contributed by atoms with Gasteiger partial charge in [-0.2, -0.15) is 5.10 Å². The Labute approximate surface area is 139 Å². The molecule has 7 heteroatoms. The molecule has 0 aliphatic heterocycles. The van der Waals surface area contributed by atoms with Gasteiger partial charge in [0, 0.05) is 17.8 Å². The van der Waals surface area contributed by atoms with Crippen LogP contribution in [-0.2, 0) is 4.79 Å². The molecule has 0 saturated heterocycles. The summed E-state index contributed by atoms with van der Waals surface area (Å²) in [5.41, 5.74) is 1.09. The van der Waals surface area contributed by atoms with Gasteiger partial charge in [-0.15, -0.1) is 0 Å². The minimum Gasteiger partial charge on any atom is -0.352 e. The van der Waals surface area contributed by atoms with Crippen LogP contribution in [0.2, 0.25) is 0 Å². The van der Waals surface area contributed by atoms with E-state index in [9.17, 15) is 9.59 Å². The Morgan fingerprint density at radius 1 is 1.38 bits per heavy atom. The number of hydrogen-bond acceptors (Lipinski definition) is 4. The third-order valence-electron chi connectivity index (χ3n) is 4.15. The monoisotopic (exact) mass is 325 g/mol. The molecule has 1 aliphatic rings. The molecule has 2 amide bonds. The fourth-order valence-electron chi connectivity index (χ4n) is 2.76. The maximum Gasteiger partial charge on any atom is 0.251 e. The Balaban J connectivity index is 1.48. The molecule has 2 aromatic rings. The largest absolute Gasteiger partial charge is 0.352 e. The van der Waals surface area contributed by atoms with Crippen molar-refractivity contribution in [2.45, 2.75) is 18.9 Å². The van der Waals surface area contributed by atoms with Crippen LogP contribution in [0.5, 0.6) is 0 Å². The third-order valence-corrected chi connectivity index (χ3v) is 4.15. The molecule has 24 heavy (non-hydrogen) atoms. The van der Waals surface area contributed by atoms with Crippen molar-refractivity contribution in [1.29, 1.82) is 0 Å². The molecular weight excluding hydrogens is 306 g/mol. The molecule has 0 atom stereocenters. The van der Waals surface area contributed by atoms with E-state index >= 15 is 0 Å². The zero-order valence-electron chi connectivity index (χ0n) is 13.2. The van der Waals surface area contributed by atoms with Gasteiger partial charge in [-0.05, 0) is 43.0 Å². The van der Waals surface area contributed by atoms with E-state index in [-0.39, 0.29) is 11.8 Å². The zero-order valence-corrected chi connectivity index (χ0v) is 13.2. The second-order valence-corrected chi connectivity index (χ2v) is 5.85. The van der Waals surface area contributed by atoms with E-state index < -0.39 is 0 Å². The highest BCUT2D eigenvalue weighted by Gasteiger charge is 2.31. The number of anilines is 1. The number of carbonyl (C=O) groups excluding carboxylic acids is 2.